The average Bonchev–Trinajstić information content (AvgIpc) is 2.61. The van der Waals surface area contributed by atoms with Crippen molar-refractivity contribution in [3.8, 4) is 0 Å². The van der Waals surface area contributed by atoms with Crippen molar-refractivity contribution in [1.82, 2.24) is 0 Å². The highest BCUT2D eigenvalue weighted by Crippen LogP contribution is 2.07. The van der Waals surface area contributed by atoms with E-state index in [4.69, 9.17) is 25.8 Å². The lowest BCUT2D eigenvalue weighted by Crippen LogP contribution is -2.11. The molecule has 5 N–H and O–H groups in total. The van der Waals surface area contributed by atoms with Crippen molar-refractivity contribution >= 4 is 12.4 Å². The highest BCUT2D eigenvalue weighted by Gasteiger charge is 2.00. The minimum atomic E-state index is -0.250. The summed E-state index contributed by atoms with van der Waals surface area (Å²) < 4.78 is 0. The van der Waals surface area contributed by atoms with Gasteiger partial charge < -0.3 is 21.1 Å². The molecule has 0 fully saturated rings. The Morgan fingerprint density at radius 3 is 1.23 bits per heavy atom. The summed E-state index contributed by atoms with van der Waals surface area (Å²) in [5.74, 6) is 2.65. The largest absolute Gasteiger partial charge is 0.483 e. The molecule has 0 heterocycles. The summed E-state index contributed by atoms with van der Waals surface area (Å²) in [4.78, 5) is 18.6. The Morgan fingerprint density at radius 1 is 0.800 bits per heavy atom. The first-order valence-electron chi connectivity index (χ1n) is 11.5. The molecule has 1 amide bonds. The molecule has 0 spiro atoms. The second-order valence-corrected chi connectivity index (χ2v) is 8.62. The molecular weight excluding hydrogens is 382 g/mol. The Morgan fingerprint density at radius 2 is 1.13 bits per heavy atom. The molecule has 186 valence electrons. The zero-order chi connectivity index (χ0) is 25.0. The molecule has 1 atom stereocenters. The molecule has 0 saturated carbocycles. The molecule has 6 heteroatoms. The molecule has 0 aromatic rings. The van der Waals surface area contributed by atoms with Crippen LogP contribution in [0.2, 0.25) is 0 Å². The first-order chi connectivity index (χ1) is 13.9. The zero-order valence-electron chi connectivity index (χ0n) is 21.5. The number of hydrogen-bond acceptors (Lipinski definition) is 4. The Hall–Kier alpha value is -1.14. The molecule has 0 radical (unpaired) electrons. The Bertz CT molecular complexity index is 284. The summed E-state index contributed by atoms with van der Waals surface area (Å²) in [6.07, 6.45) is 7.17. The minimum absolute atomic E-state index is 0.185. The monoisotopic (exact) mass is 437 g/mol. The van der Waals surface area contributed by atoms with Crippen molar-refractivity contribution in [3.63, 3.8) is 0 Å². The van der Waals surface area contributed by atoms with E-state index in [1.807, 2.05) is 0 Å². The number of carbonyl (C=O) groups is 2. The number of aliphatic hydroxyl groups excluding tert-OH is 2. The van der Waals surface area contributed by atoms with Gasteiger partial charge in [-0.2, -0.15) is 0 Å². The van der Waals surface area contributed by atoms with Crippen LogP contribution in [0.3, 0.4) is 0 Å². The van der Waals surface area contributed by atoms with Crippen molar-refractivity contribution in [3.05, 3.63) is 0 Å². The van der Waals surface area contributed by atoms with E-state index in [0.29, 0.717) is 37.4 Å². The molecule has 0 aliphatic carbocycles. The van der Waals surface area contributed by atoms with Gasteiger partial charge in [0.05, 0.1) is 0 Å². The van der Waals surface area contributed by atoms with Crippen LogP contribution in [0.25, 0.3) is 0 Å². The summed E-state index contributed by atoms with van der Waals surface area (Å²) in [6.45, 7) is 19.8. The second kappa shape index (κ2) is 35.3. The average molecular weight is 438 g/mol. The topological polar surface area (TPSA) is 121 Å². The molecule has 0 aromatic heterocycles. The predicted octanol–water partition coefficient (Wildman–Crippen LogP) is 5.49. The van der Waals surface area contributed by atoms with Crippen LogP contribution in [0.5, 0.6) is 0 Å². The first kappa shape index (κ1) is 39.3. The van der Waals surface area contributed by atoms with E-state index in [9.17, 15) is 4.79 Å². The number of carboxylic acid groups (broad SMARTS) is 1. The van der Waals surface area contributed by atoms with Crippen LogP contribution in [0.4, 0.5) is 0 Å². The standard InChI is InChI=1S/C7H15NO.C6H14.2C5H12O.CH2O2/c1-3-6(2)4-5-7(8)9;1-4-5-6(2)3;2*1-5(2)3-4-6;2-1-3/h6H,3-5H2,1-2H3,(H2,8,9);6H,4-5H2,1-3H3;2*5-6H,3-4H2,1-2H3;1H,(H,2,3). The van der Waals surface area contributed by atoms with Gasteiger partial charge in [-0.3, -0.25) is 9.59 Å². The molecule has 1 unspecified atom stereocenters. The molecule has 0 aliphatic rings. The lowest BCUT2D eigenvalue weighted by Gasteiger charge is -2.03. The summed E-state index contributed by atoms with van der Waals surface area (Å²) in [5, 5.41) is 23.4. The predicted molar refractivity (Wildman–Crippen MR) is 129 cm³/mol. The molecule has 0 rings (SSSR count). The third-order valence-electron chi connectivity index (χ3n) is 3.86. The Balaban J connectivity index is -0.0000000900. The highest BCUT2D eigenvalue weighted by molar-refractivity contribution is 5.73. The van der Waals surface area contributed by atoms with E-state index in [-0.39, 0.29) is 12.4 Å². The van der Waals surface area contributed by atoms with Crippen molar-refractivity contribution < 1.29 is 24.9 Å². The second-order valence-electron chi connectivity index (χ2n) is 8.62. The van der Waals surface area contributed by atoms with Gasteiger partial charge in [-0.25, -0.2) is 0 Å². The fourth-order valence-corrected chi connectivity index (χ4v) is 1.69. The molecular formula is C24H55NO5. The normalized spacial score (nSPS) is 10.3. The van der Waals surface area contributed by atoms with Crippen LogP contribution in [-0.2, 0) is 9.59 Å². The number of primary amides is 1. The summed E-state index contributed by atoms with van der Waals surface area (Å²) in [7, 11) is 0. The highest BCUT2D eigenvalue weighted by atomic mass is 16.3. The number of aliphatic hydroxyl groups is 2. The van der Waals surface area contributed by atoms with Crippen LogP contribution in [0.15, 0.2) is 0 Å². The minimum Gasteiger partial charge on any atom is -0.483 e. The van der Waals surface area contributed by atoms with Crippen molar-refractivity contribution in [1.29, 1.82) is 0 Å². The van der Waals surface area contributed by atoms with E-state index in [1.165, 1.54) is 12.8 Å². The molecule has 0 bridgehead atoms. The van der Waals surface area contributed by atoms with Gasteiger partial charge in [-0.1, -0.05) is 81.6 Å². The van der Waals surface area contributed by atoms with Gasteiger partial charge in [-0.05, 0) is 42.9 Å². The van der Waals surface area contributed by atoms with E-state index in [0.717, 1.165) is 31.6 Å². The number of rotatable bonds is 10. The number of nitrogens with two attached hydrogens (primary N) is 1. The van der Waals surface area contributed by atoms with Crippen molar-refractivity contribution in [2.75, 3.05) is 13.2 Å². The summed E-state index contributed by atoms with van der Waals surface area (Å²) in [6, 6.07) is 0. The maximum atomic E-state index is 10.2. The van der Waals surface area contributed by atoms with Gasteiger partial charge in [0.25, 0.3) is 6.47 Å². The van der Waals surface area contributed by atoms with Crippen molar-refractivity contribution in [2.24, 2.45) is 29.4 Å². The fraction of sp³-hybridized carbons (Fsp3) is 0.917. The van der Waals surface area contributed by atoms with Crippen LogP contribution in [-0.4, -0.2) is 40.9 Å². The lowest BCUT2D eigenvalue weighted by atomic mass is 10.0. The first-order valence-corrected chi connectivity index (χ1v) is 11.5. The van der Waals surface area contributed by atoms with Gasteiger partial charge in [0.1, 0.15) is 0 Å². The van der Waals surface area contributed by atoms with Gasteiger partial charge >= 0.3 is 0 Å². The van der Waals surface area contributed by atoms with E-state index in [2.05, 4.69) is 62.3 Å². The number of amides is 1. The van der Waals surface area contributed by atoms with Crippen LogP contribution in [0, 0.1) is 23.7 Å². The maximum Gasteiger partial charge on any atom is 0.290 e. The zero-order valence-corrected chi connectivity index (χ0v) is 21.5. The van der Waals surface area contributed by atoms with Crippen molar-refractivity contribution in [2.45, 2.75) is 107 Å². The molecule has 0 saturated heterocycles. The van der Waals surface area contributed by atoms with Gasteiger partial charge in [-0.15, -0.1) is 0 Å². The van der Waals surface area contributed by atoms with Crippen LogP contribution < -0.4 is 5.73 Å². The molecule has 6 nitrogen and oxygen atoms in total. The van der Waals surface area contributed by atoms with E-state index >= 15 is 0 Å². The van der Waals surface area contributed by atoms with E-state index < -0.39 is 0 Å². The quantitative estimate of drug-likeness (QED) is 0.337. The third-order valence-corrected chi connectivity index (χ3v) is 3.86. The lowest BCUT2D eigenvalue weighted by molar-refractivity contribution is -0.123. The molecule has 0 aromatic carbocycles. The van der Waals surface area contributed by atoms with Gasteiger partial charge in [0, 0.05) is 19.6 Å². The maximum absolute atomic E-state index is 10.2. The Kier molecular flexibility index (Phi) is 46.3. The van der Waals surface area contributed by atoms with Crippen LogP contribution in [0.1, 0.15) is 107 Å². The van der Waals surface area contributed by atoms with Gasteiger partial charge in [0.15, 0.2) is 0 Å². The van der Waals surface area contributed by atoms with E-state index in [1.54, 1.807) is 0 Å². The smallest absolute Gasteiger partial charge is 0.290 e. The number of hydrogen-bond donors (Lipinski definition) is 4. The number of carbonyl (C=O) groups excluding carboxylic acids is 1. The SMILES string of the molecule is CC(C)CCO.CC(C)CCO.CCC(C)CCC(N)=O.CCCC(C)C.O=CO. The Labute approximate surface area is 187 Å². The third kappa shape index (κ3) is 81.3. The van der Waals surface area contributed by atoms with Crippen LogP contribution >= 0.6 is 0 Å². The molecule has 30 heavy (non-hydrogen) atoms. The summed E-state index contributed by atoms with van der Waals surface area (Å²) in [5.41, 5.74) is 4.96. The fourth-order valence-electron chi connectivity index (χ4n) is 1.69. The molecule has 0 aliphatic heterocycles. The summed E-state index contributed by atoms with van der Waals surface area (Å²) >= 11 is 0. The van der Waals surface area contributed by atoms with Gasteiger partial charge in [0.2, 0.25) is 5.91 Å².